The van der Waals surface area contributed by atoms with Crippen molar-refractivity contribution in [3.05, 3.63) is 53.9 Å². The molecule has 21 heavy (non-hydrogen) atoms. The van der Waals surface area contributed by atoms with E-state index >= 15 is 0 Å². The Morgan fingerprint density at radius 3 is 2.52 bits per heavy atom. The van der Waals surface area contributed by atoms with Gasteiger partial charge in [-0.05, 0) is 29.7 Å². The van der Waals surface area contributed by atoms with Gasteiger partial charge in [-0.15, -0.1) is 0 Å². The average molecular weight is 285 g/mol. The Hall–Kier alpha value is -2.76. The van der Waals surface area contributed by atoms with Crippen molar-refractivity contribution in [2.45, 2.75) is 19.8 Å². The Balaban J connectivity index is 1.94. The summed E-state index contributed by atoms with van der Waals surface area (Å²) in [5, 5.41) is 6.81. The van der Waals surface area contributed by atoms with Crippen LogP contribution in [0.15, 0.2) is 36.9 Å². The summed E-state index contributed by atoms with van der Waals surface area (Å²) in [4.78, 5) is 12.0. The third kappa shape index (κ3) is 3.62. The zero-order valence-electron chi connectivity index (χ0n) is 12.1. The number of carbonyl (C=O) groups excluding carboxylic acids is 1. The minimum Gasteiger partial charge on any atom is -0.399 e. The topological polar surface area (TPSA) is 95.8 Å². The van der Waals surface area contributed by atoms with Gasteiger partial charge in [-0.2, -0.15) is 5.10 Å². The molecule has 6 nitrogen and oxygen atoms in total. The highest BCUT2D eigenvalue weighted by atomic mass is 16.2. The minimum absolute atomic E-state index is 0.289. The van der Waals surface area contributed by atoms with Crippen LogP contribution in [0.4, 0.5) is 5.69 Å². The van der Waals surface area contributed by atoms with Crippen LogP contribution in [0.1, 0.15) is 41.5 Å². The van der Waals surface area contributed by atoms with Crippen molar-refractivity contribution in [2.75, 3.05) is 5.73 Å². The van der Waals surface area contributed by atoms with Crippen molar-refractivity contribution in [3.8, 4) is 0 Å². The number of nitrogens with one attached hydrogen (secondary N) is 3. The number of amides is 1. The molecule has 0 atom stereocenters. The maximum Gasteiger partial charge on any atom is 0.290 e. The molecule has 0 saturated carbocycles. The summed E-state index contributed by atoms with van der Waals surface area (Å²) in [7, 11) is 0. The van der Waals surface area contributed by atoms with Gasteiger partial charge in [0.05, 0.1) is 5.70 Å². The maximum atomic E-state index is 12.0. The highest BCUT2D eigenvalue weighted by Gasteiger charge is 2.12. The SMILES string of the molecule is C=C(NNC(=O)c1cc(C(C)C)[nH]n1)c1ccc(N)cc1. The lowest BCUT2D eigenvalue weighted by Crippen LogP contribution is -2.36. The van der Waals surface area contributed by atoms with Crippen molar-refractivity contribution < 1.29 is 4.79 Å². The van der Waals surface area contributed by atoms with E-state index < -0.39 is 0 Å². The van der Waals surface area contributed by atoms with Crippen LogP contribution in [0.2, 0.25) is 0 Å². The number of benzene rings is 1. The van der Waals surface area contributed by atoms with Crippen molar-refractivity contribution in [1.82, 2.24) is 21.0 Å². The molecule has 2 aromatic rings. The van der Waals surface area contributed by atoms with Crippen LogP contribution in [0.25, 0.3) is 5.70 Å². The number of nitrogen functional groups attached to an aromatic ring is 1. The van der Waals surface area contributed by atoms with Gasteiger partial charge >= 0.3 is 0 Å². The molecule has 1 amide bonds. The first-order chi connectivity index (χ1) is 9.97. The number of rotatable bonds is 5. The number of aromatic amines is 1. The quantitative estimate of drug-likeness (QED) is 0.499. The molecule has 2 rings (SSSR count). The van der Waals surface area contributed by atoms with Crippen LogP contribution in [-0.4, -0.2) is 16.1 Å². The van der Waals surface area contributed by atoms with Gasteiger partial charge in [0, 0.05) is 11.4 Å². The largest absolute Gasteiger partial charge is 0.399 e. The summed E-state index contributed by atoms with van der Waals surface area (Å²) in [6.45, 7) is 7.91. The van der Waals surface area contributed by atoms with E-state index in [0.29, 0.717) is 17.1 Å². The number of anilines is 1. The Morgan fingerprint density at radius 2 is 1.95 bits per heavy atom. The van der Waals surface area contributed by atoms with Crippen LogP contribution >= 0.6 is 0 Å². The molecule has 0 bridgehead atoms. The molecule has 1 heterocycles. The third-order valence-corrected chi connectivity index (χ3v) is 3.04. The molecule has 0 aliphatic rings. The van der Waals surface area contributed by atoms with E-state index in [9.17, 15) is 4.79 Å². The van der Waals surface area contributed by atoms with E-state index in [0.717, 1.165) is 11.3 Å². The molecule has 0 unspecified atom stereocenters. The van der Waals surface area contributed by atoms with Crippen LogP contribution in [0.5, 0.6) is 0 Å². The fourth-order valence-electron chi connectivity index (χ4n) is 1.70. The normalized spacial score (nSPS) is 10.4. The minimum atomic E-state index is -0.324. The predicted molar refractivity (Wildman–Crippen MR) is 83.2 cm³/mol. The number of aromatic nitrogens is 2. The van der Waals surface area contributed by atoms with Crippen molar-refractivity contribution >= 4 is 17.3 Å². The molecule has 0 aliphatic carbocycles. The summed E-state index contributed by atoms with van der Waals surface area (Å²) in [6, 6.07) is 8.91. The van der Waals surface area contributed by atoms with E-state index in [2.05, 4.69) is 27.6 Å². The second kappa shape index (κ2) is 6.13. The Labute approximate surface area is 123 Å². The predicted octanol–water partition coefficient (Wildman–Crippen LogP) is 2.02. The summed E-state index contributed by atoms with van der Waals surface area (Å²) < 4.78 is 0. The molecule has 1 aromatic heterocycles. The molecule has 6 heteroatoms. The first kappa shape index (κ1) is 14.6. The van der Waals surface area contributed by atoms with E-state index in [-0.39, 0.29) is 11.8 Å². The van der Waals surface area contributed by atoms with Crippen LogP contribution in [-0.2, 0) is 0 Å². The van der Waals surface area contributed by atoms with E-state index in [1.165, 1.54) is 0 Å². The van der Waals surface area contributed by atoms with E-state index in [1.54, 1.807) is 18.2 Å². The monoisotopic (exact) mass is 285 g/mol. The standard InChI is InChI=1S/C15H19N5O/c1-9(2)13-8-14(19-18-13)15(21)20-17-10(3)11-4-6-12(16)7-5-11/h4-9,17H,3,16H2,1-2H3,(H,18,19)(H,20,21). The summed E-state index contributed by atoms with van der Waals surface area (Å²) in [5.74, 6) is -0.0357. The average Bonchev–Trinajstić information content (AvgIpc) is 2.95. The van der Waals surface area contributed by atoms with Gasteiger partial charge in [0.25, 0.3) is 5.91 Å². The lowest BCUT2D eigenvalue weighted by molar-refractivity contribution is 0.0937. The number of hydrogen-bond donors (Lipinski definition) is 4. The molecular formula is C15H19N5O. The molecule has 0 saturated heterocycles. The number of carbonyl (C=O) groups is 1. The highest BCUT2D eigenvalue weighted by Crippen LogP contribution is 2.13. The van der Waals surface area contributed by atoms with Crippen molar-refractivity contribution in [3.63, 3.8) is 0 Å². The third-order valence-electron chi connectivity index (χ3n) is 3.04. The van der Waals surface area contributed by atoms with Crippen LogP contribution < -0.4 is 16.6 Å². The number of hydrogen-bond acceptors (Lipinski definition) is 4. The van der Waals surface area contributed by atoms with Gasteiger partial charge in [-0.3, -0.25) is 20.7 Å². The zero-order chi connectivity index (χ0) is 15.4. The molecule has 5 N–H and O–H groups in total. The van der Waals surface area contributed by atoms with Crippen LogP contribution in [0.3, 0.4) is 0 Å². The second-order valence-corrected chi connectivity index (χ2v) is 5.04. The first-order valence-electron chi connectivity index (χ1n) is 6.64. The summed E-state index contributed by atoms with van der Waals surface area (Å²) >= 11 is 0. The molecular weight excluding hydrogens is 266 g/mol. The lowest BCUT2D eigenvalue weighted by atomic mass is 10.1. The fourth-order valence-corrected chi connectivity index (χ4v) is 1.70. The van der Waals surface area contributed by atoms with Crippen LogP contribution in [0, 0.1) is 0 Å². The lowest BCUT2D eigenvalue weighted by Gasteiger charge is -2.10. The van der Waals surface area contributed by atoms with Gasteiger partial charge in [0.2, 0.25) is 0 Å². The maximum absolute atomic E-state index is 12.0. The van der Waals surface area contributed by atoms with Gasteiger partial charge in [0.15, 0.2) is 5.69 Å². The zero-order valence-corrected chi connectivity index (χ0v) is 12.1. The molecule has 0 spiro atoms. The molecule has 0 aliphatic heterocycles. The highest BCUT2D eigenvalue weighted by molar-refractivity contribution is 5.92. The Kier molecular flexibility index (Phi) is 4.27. The molecule has 0 radical (unpaired) electrons. The van der Waals surface area contributed by atoms with Crippen molar-refractivity contribution in [1.29, 1.82) is 0 Å². The van der Waals surface area contributed by atoms with E-state index in [4.69, 9.17) is 5.73 Å². The second-order valence-electron chi connectivity index (χ2n) is 5.04. The number of H-pyrrole nitrogens is 1. The van der Waals surface area contributed by atoms with Crippen molar-refractivity contribution in [2.24, 2.45) is 0 Å². The fraction of sp³-hybridized carbons (Fsp3) is 0.200. The number of hydrazine groups is 1. The van der Waals surface area contributed by atoms with Gasteiger partial charge in [0.1, 0.15) is 0 Å². The number of nitrogens with zero attached hydrogens (tertiary/aromatic N) is 1. The summed E-state index contributed by atoms with van der Waals surface area (Å²) in [6.07, 6.45) is 0. The molecule has 110 valence electrons. The molecule has 1 aromatic carbocycles. The first-order valence-corrected chi connectivity index (χ1v) is 6.64. The smallest absolute Gasteiger partial charge is 0.290 e. The van der Waals surface area contributed by atoms with Gasteiger partial charge < -0.3 is 5.73 Å². The number of nitrogens with two attached hydrogens (primary N) is 1. The van der Waals surface area contributed by atoms with E-state index in [1.807, 2.05) is 26.0 Å². The van der Waals surface area contributed by atoms with Gasteiger partial charge in [-0.1, -0.05) is 32.6 Å². The molecule has 0 fully saturated rings. The Morgan fingerprint density at radius 1 is 1.29 bits per heavy atom. The van der Waals surface area contributed by atoms with Gasteiger partial charge in [-0.25, -0.2) is 0 Å². The Bertz CT molecular complexity index is 642. The summed E-state index contributed by atoms with van der Waals surface area (Å²) in [5.41, 5.74) is 14.3.